The van der Waals surface area contributed by atoms with Crippen LogP contribution in [-0.4, -0.2) is 0 Å². The molecule has 0 spiro atoms. The van der Waals surface area contributed by atoms with Gasteiger partial charge in [0, 0.05) is 0 Å². The Labute approximate surface area is 78.4 Å². The van der Waals surface area contributed by atoms with Crippen molar-refractivity contribution in [1.82, 2.24) is 0 Å². The van der Waals surface area contributed by atoms with Crippen molar-refractivity contribution in [3.05, 3.63) is 45.6 Å². The van der Waals surface area contributed by atoms with E-state index in [0.717, 1.165) is 11.5 Å². The standard InChI is InChI=1S/C12H14O/c1-8-4-3-5-10(7-12(8)13)11-6-9(11)2/h3-5,7,9,11H,6H2,1-2H3/t9-,11?/m1/s1. The van der Waals surface area contributed by atoms with Crippen LogP contribution in [0, 0.1) is 12.8 Å². The third kappa shape index (κ3) is 1.64. The fourth-order valence-corrected chi connectivity index (χ4v) is 1.72. The maximum absolute atomic E-state index is 11.5. The summed E-state index contributed by atoms with van der Waals surface area (Å²) in [6.07, 6.45) is 1.24. The second-order valence-electron chi connectivity index (χ2n) is 4.04. The minimum atomic E-state index is 0.166. The van der Waals surface area contributed by atoms with Crippen LogP contribution >= 0.6 is 0 Å². The van der Waals surface area contributed by atoms with Crippen molar-refractivity contribution < 1.29 is 0 Å². The first-order valence-corrected chi connectivity index (χ1v) is 4.79. The van der Waals surface area contributed by atoms with Gasteiger partial charge in [0.2, 0.25) is 0 Å². The van der Waals surface area contributed by atoms with Gasteiger partial charge in [-0.05, 0) is 42.4 Å². The first-order valence-electron chi connectivity index (χ1n) is 4.79. The van der Waals surface area contributed by atoms with E-state index in [9.17, 15) is 4.79 Å². The Morgan fingerprint density at radius 1 is 1.38 bits per heavy atom. The molecule has 0 heterocycles. The first-order chi connectivity index (χ1) is 6.18. The largest absolute Gasteiger partial charge is 0.290 e. The topological polar surface area (TPSA) is 17.1 Å². The zero-order valence-corrected chi connectivity index (χ0v) is 8.08. The lowest BCUT2D eigenvalue weighted by Crippen LogP contribution is -1.99. The average Bonchev–Trinajstić information content (AvgIpc) is 2.80. The van der Waals surface area contributed by atoms with Crippen LogP contribution in [0.2, 0.25) is 0 Å². The van der Waals surface area contributed by atoms with E-state index in [0.29, 0.717) is 5.92 Å². The lowest BCUT2D eigenvalue weighted by molar-refractivity contribution is 0.915. The van der Waals surface area contributed by atoms with Crippen LogP contribution < -0.4 is 5.43 Å². The van der Waals surface area contributed by atoms with Crippen molar-refractivity contribution in [2.45, 2.75) is 26.2 Å². The van der Waals surface area contributed by atoms with E-state index >= 15 is 0 Å². The van der Waals surface area contributed by atoms with E-state index in [-0.39, 0.29) is 5.43 Å². The van der Waals surface area contributed by atoms with Crippen molar-refractivity contribution in [2.24, 2.45) is 5.92 Å². The van der Waals surface area contributed by atoms with E-state index in [4.69, 9.17) is 0 Å². The number of aryl methyl sites for hydroxylation is 1. The average molecular weight is 174 g/mol. The molecule has 1 aromatic carbocycles. The number of rotatable bonds is 1. The van der Waals surface area contributed by atoms with Gasteiger partial charge in [-0.1, -0.05) is 25.1 Å². The Balaban J connectivity index is 2.45. The minimum Gasteiger partial charge on any atom is -0.290 e. The van der Waals surface area contributed by atoms with Crippen molar-refractivity contribution in [3.8, 4) is 0 Å². The minimum absolute atomic E-state index is 0.166. The third-order valence-electron chi connectivity index (χ3n) is 2.86. The molecule has 1 aliphatic rings. The summed E-state index contributed by atoms with van der Waals surface area (Å²) in [6.45, 7) is 4.09. The van der Waals surface area contributed by atoms with E-state index in [1.54, 1.807) is 6.07 Å². The predicted octanol–water partition coefficient (Wildman–Crippen LogP) is 2.48. The highest BCUT2D eigenvalue weighted by molar-refractivity contribution is 5.26. The molecule has 68 valence electrons. The molecule has 0 N–H and O–H groups in total. The maximum atomic E-state index is 11.5. The summed E-state index contributed by atoms with van der Waals surface area (Å²) in [4.78, 5) is 11.5. The molecule has 1 nitrogen and oxygen atoms in total. The molecule has 1 aromatic rings. The number of hydrogen-bond donors (Lipinski definition) is 0. The summed E-state index contributed by atoms with van der Waals surface area (Å²) < 4.78 is 0. The molecule has 2 rings (SSSR count). The first kappa shape index (κ1) is 8.49. The molecule has 13 heavy (non-hydrogen) atoms. The van der Waals surface area contributed by atoms with Crippen LogP contribution in [0.15, 0.2) is 29.1 Å². The van der Waals surface area contributed by atoms with Gasteiger partial charge in [-0.25, -0.2) is 0 Å². The molecule has 1 fully saturated rings. The van der Waals surface area contributed by atoms with Crippen LogP contribution in [0.3, 0.4) is 0 Å². The summed E-state index contributed by atoms with van der Waals surface area (Å²) in [6, 6.07) is 7.74. The summed E-state index contributed by atoms with van der Waals surface area (Å²) in [5, 5.41) is 0. The molecule has 2 atom stereocenters. The zero-order valence-electron chi connectivity index (χ0n) is 8.08. The summed E-state index contributed by atoms with van der Waals surface area (Å²) >= 11 is 0. The highest BCUT2D eigenvalue weighted by Crippen LogP contribution is 2.46. The molecule has 1 heteroatoms. The SMILES string of the molecule is Cc1cccc(C2C[C@H]2C)cc1=O. The van der Waals surface area contributed by atoms with Crippen LogP contribution in [0.25, 0.3) is 0 Å². The Morgan fingerprint density at radius 3 is 2.69 bits per heavy atom. The van der Waals surface area contributed by atoms with Gasteiger partial charge in [0.05, 0.1) is 0 Å². The van der Waals surface area contributed by atoms with Crippen molar-refractivity contribution in [1.29, 1.82) is 0 Å². The van der Waals surface area contributed by atoms with Crippen molar-refractivity contribution in [3.63, 3.8) is 0 Å². The quantitative estimate of drug-likeness (QED) is 0.639. The fourth-order valence-electron chi connectivity index (χ4n) is 1.72. The maximum Gasteiger partial charge on any atom is 0.181 e. The summed E-state index contributed by atoms with van der Waals surface area (Å²) in [5.41, 5.74) is 2.21. The van der Waals surface area contributed by atoms with Gasteiger partial charge < -0.3 is 0 Å². The molecule has 0 radical (unpaired) electrons. The molecule has 0 saturated heterocycles. The highest BCUT2D eigenvalue weighted by Gasteiger charge is 2.33. The predicted molar refractivity (Wildman–Crippen MR) is 54.0 cm³/mol. The van der Waals surface area contributed by atoms with Crippen molar-refractivity contribution in [2.75, 3.05) is 0 Å². The highest BCUT2D eigenvalue weighted by atomic mass is 16.1. The fraction of sp³-hybridized carbons (Fsp3) is 0.417. The summed E-state index contributed by atoms with van der Waals surface area (Å²) in [5.74, 6) is 1.40. The van der Waals surface area contributed by atoms with Gasteiger partial charge in [-0.15, -0.1) is 0 Å². The van der Waals surface area contributed by atoms with E-state index < -0.39 is 0 Å². The lowest BCUT2D eigenvalue weighted by atomic mass is 10.1. The Bertz CT molecular complexity index is 381. The monoisotopic (exact) mass is 174 g/mol. The molecular weight excluding hydrogens is 160 g/mol. The van der Waals surface area contributed by atoms with E-state index in [1.165, 1.54) is 12.0 Å². The molecule has 0 aliphatic heterocycles. The molecule has 1 saturated carbocycles. The van der Waals surface area contributed by atoms with Crippen molar-refractivity contribution >= 4 is 0 Å². The molecule has 0 bridgehead atoms. The van der Waals surface area contributed by atoms with Crippen LogP contribution in [-0.2, 0) is 0 Å². The molecule has 1 unspecified atom stereocenters. The van der Waals surface area contributed by atoms with Gasteiger partial charge in [-0.3, -0.25) is 4.79 Å². The molecule has 0 amide bonds. The smallest absolute Gasteiger partial charge is 0.181 e. The third-order valence-corrected chi connectivity index (χ3v) is 2.86. The second kappa shape index (κ2) is 2.99. The van der Waals surface area contributed by atoms with E-state index in [2.05, 4.69) is 13.0 Å². The Morgan fingerprint density at radius 2 is 2.08 bits per heavy atom. The van der Waals surface area contributed by atoms with E-state index in [1.807, 2.05) is 19.1 Å². The van der Waals surface area contributed by atoms with Crippen LogP contribution in [0.1, 0.15) is 30.4 Å². The van der Waals surface area contributed by atoms with Gasteiger partial charge in [0.25, 0.3) is 0 Å². The molecular formula is C12H14O. The second-order valence-corrected chi connectivity index (χ2v) is 4.04. The molecule has 1 aliphatic carbocycles. The van der Waals surface area contributed by atoms with Crippen LogP contribution in [0.5, 0.6) is 0 Å². The zero-order chi connectivity index (χ0) is 9.42. The Hall–Kier alpha value is -1.11. The summed E-state index contributed by atoms with van der Waals surface area (Å²) in [7, 11) is 0. The normalized spacial score (nSPS) is 25.7. The van der Waals surface area contributed by atoms with Gasteiger partial charge in [0.15, 0.2) is 5.43 Å². The number of hydrogen-bond acceptors (Lipinski definition) is 1. The van der Waals surface area contributed by atoms with Gasteiger partial charge in [-0.2, -0.15) is 0 Å². The van der Waals surface area contributed by atoms with Gasteiger partial charge in [0.1, 0.15) is 0 Å². The van der Waals surface area contributed by atoms with Gasteiger partial charge >= 0.3 is 0 Å². The Kier molecular flexibility index (Phi) is 1.95. The molecule has 0 aromatic heterocycles. The van der Waals surface area contributed by atoms with Crippen LogP contribution in [0.4, 0.5) is 0 Å². The lowest BCUT2D eigenvalue weighted by Gasteiger charge is -1.90.